The van der Waals surface area contributed by atoms with Crippen LogP contribution in [-0.2, 0) is 9.53 Å². The van der Waals surface area contributed by atoms with Crippen LogP contribution in [0.2, 0.25) is 0 Å². The largest absolute Gasteiger partial charge is 0.463 e. The quantitative estimate of drug-likeness (QED) is 0.552. The zero-order valence-electron chi connectivity index (χ0n) is 9.01. The monoisotopic (exact) mass is 197 g/mol. The fourth-order valence-corrected chi connectivity index (χ4v) is 1.64. The van der Waals surface area contributed by atoms with Gasteiger partial charge < -0.3 is 10.1 Å². The second-order valence-electron chi connectivity index (χ2n) is 3.63. The first kappa shape index (κ1) is 11.2. The second-order valence-corrected chi connectivity index (χ2v) is 3.63. The molecule has 0 bridgehead atoms. The summed E-state index contributed by atoms with van der Waals surface area (Å²) in [7, 11) is 0. The predicted molar refractivity (Wildman–Crippen MR) is 56.0 cm³/mol. The van der Waals surface area contributed by atoms with Gasteiger partial charge in [-0.1, -0.05) is 12.5 Å². The summed E-state index contributed by atoms with van der Waals surface area (Å²) >= 11 is 0. The lowest BCUT2D eigenvalue weighted by molar-refractivity contribution is -0.138. The normalized spacial score (nSPS) is 23.3. The maximum absolute atomic E-state index is 11.3. The zero-order chi connectivity index (χ0) is 10.4. The predicted octanol–water partition coefficient (Wildman–Crippen LogP) is 1.64. The molecule has 0 saturated carbocycles. The van der Waals surface area contributed by atoms with E-state index in [4.69, 9.17) is 4.74 Å². The second kappa shape index (κ2) is 5.81. The molecule has 0 radical (unpaired) electrons. The van der Waals surface area contributed by atoms with E-state index < -0.39 is 0 Å². The lowest BCUT2D eigenvalue weighted by Gasteiger charge is -2.20. The van der Waals surface area contributed by atoms with E-state index in [-0.39, 0.29) is 5.97 Å². The molecule has 0 amide bonds. The van der Waals surface area contributed by atoms with Gasteiger partial charge in [-0.15, -0.1) is 0 Å². The highest BCUT2D eigenvalue weighted by molar-refractivity contribution is 5.87. The van der Waals surface area contributed by atoms with E-state index in [0.717, 1.165) is 13.0 Å². The van der Waals surface area contributed by atoms with Crippen molar-refractivity contribution in [1.29, 1.82) is 0 Å². The third kappa shape index (κ3) is 3.50. The Morgan fingerprint density at radius 2 is 2.36 bits per heavy atom. The minimum atomic E-state index is -0.195. The maximum Gasteiger partial charge on any atom is 0.333 e. The van der Waals surface area contributed by atoms with E-state index in [1.165, 1.54) is 12.8 Å². The molecule has 1 fully saturated rings. The van der Waals surface area contributed by atoms with Crippen molar-refractivity contribution >= 4 is 5.97 Å². The number of rotatable bonds is 3. The number of ether oxygens (including phenoxy) is 1. The van der Waals surface area contributed by atoms with Gasteiger partial charge in [0, 0.05) is 11.6 Å². The van der Waals surface area contributed by atoms with Crippen molar-refractivity contribution in [3.05, 3.63) is 11.6 Å². The van der Waals surface area contributed by atoms with Crippen molar-refractivity contribution in [1.82, 2.24) is 5.32 Å². The smallest absolute Gasteiger partial charge is 0.333 e. The summed E-state index contributed by atoms with van der Waals surface area (Å²) in [6.45, 7) is 5.14. The van der Waals surface area contributed by atoms with E-state index in [0.29, 0.717) is 18.2 Å². The maximum atomic E-state index is 11.3. The molecule has 0 aliphatic carbocycles. The van der Waals surface area contributed by atoms with Gasteiger partial charge in [0.25, 0.3) is 0 Å². The molecule has 80 valence electrons. The van der Waals surface area contributed by atoms with Crippen molar-refractivity contribution in [2.24, 2.45) is 0 Å². The fraction of sp³-hybridized carbons (Fsp3) is 0.727. The van der Waals surface area contributed by atoms with E-state index in [1.54, 1.807) is 0 Å². The first-order chi connectivity index (χ1) is 6.74. The zero-order valence-corrected chi connectivity index (χ0v) is 9.01. The van der Waals surface area contributed by atoms with E-state index in [9.17, 15) is 4.79 Å². The number of esters is 1. The van der Waals surface area contributed by atoms with Gasteiger partial charge in [-0.05, 0) is 33.2 Å². The summed E-state index contributed by atoms with van der Waals surface area (Å²) < 4.78 is 4.91. The SMILES string of the molecule is CCOC(=O)/C(C)=C/C1CCCCN1. The molecular weight excluding hydrogens is 178 g/mol. The number of nitrogens with one attached hydrogen (secondary N) is 1. The van der Waals surface area contributed by atoms with Gasteiger partial charge in [0.05, 0.1) is 6.61 Å². The molecule has 1 unspecified atom stereocenters. The first-order valence-electron chi connectivity index (χ1n) is 5.33. The van der Waals surface area contributed by atoms with Crippen molar-refractivity contribution in [3.63, 3.8) is 0 Å². The van der Waals surface area contributed by atoms with Crippen molar-refractivity contribution in [2.75, 3.05) is 13.2 Å². The molecule has 14 heavy (non-hydrogen) atoms. The number of piperidine rings is 1. The van der Waals surface area contributed by atoms with E-state index >= 15 is 0 Å². The van der Waals surface area contributed by atoms with Gasteiger partial charge in [0.15, 0.2) is 0 Å². The number of carbonyl (C=O) groups excluding carboxylic acids is 1. The molecule has 1 aliphatic rings. The summed E-state index contributed by atoms with van der Waals surface area (Å²) in [4.78, 5) is 11.3. The average Bonchev–Trinajstić information content (AvgIpc) is 2.19. The summed E-state index contributed by atoms with van der Waals surface area (Å²) in [6, 6.07) is 0.355. The Hall–Kier alpha value is -0.830. The number of hydrogen-bond acceptors (Lipinski definition) is 3. The summed E-state index contributed by atoms with van der Waals surface area (Å²) in [6.07, 6.45) is 5.58. The Balaban J connectivity index is 2.44. The molecule has 1 aliphatic heterocycles. The van der Waals surface area contributed by atoms with E-state index in [1.807, 2.05) is 19.9 Å². The molecule has 0 aromatic heterocycles. The molecule has 1 saturated heterocycles. The molecule has 0 aromatic carbocycles. The molecule has 1 rings (SSSR count). The minimum Gasteiger partial charge on any atom is -0.463 e. The summed E-state index contributed by atoms with van der Waals surface area (Å²) in [5, 5.41) is 3.36. The summed E-state index contributed by atoms with van der Waals surface area (Å²) in [5.74, 6) is -0.195. The lowest BCUT2D eigenvalue weighted by atomic mass is 10.0. The van der Waals surface area contributed by atoms with Crippen LogP contribution in [0.15, 0.2) is 11.6 Å². The van der Waals surface area contributed by atoms with Crippen LogP contribution in [0.4, 0.5) is 0 Å². The van der Waals surface area contributed by atoms with Gasteiger partial charge in [-0.2, -0.15) is 0 Å². The van der Waals surface area contributed by atoms with Crippen LogP contribution in [0.3, 0.4) is 0 Å². The average molecular weight is 197 g/mol. The third-order valence-corrected chi connectivity index (χ3v) is 2.40. The van der Waals surface area contributed by atoms with Gasteiger partial charge in [-0.3, -0.25) is 0 Å². The van der Waals surface area contributed by atoms with Crippen LogP contribution in [-0.4, -0.2) is 25.2 Å². The Bertz CT molecular complexity index is 217. The molecule has 3 heteroatoms. The lowest BCUT2D eigenvalue weighted by Crippen LogP contribution is -2.32. The Labute approximate surface area is 85.5 Å². The number of carbonyl (C=O) groups is 1. The van der Waals surface area contributed by atoms with Crippen LogP contribution in [0.1, 0.15) is 33.1 Å². The fourth-order valence-electron chi connectivity index (χ4n) is 1.64. The van der Waals surface area contributed by atoms with Crippen LogP contribution in [0.5, 0.6) is 0 Å². The van der Waals surface area contributed by atoms with Crippen LogP contribution >= 0.6 is 0 Å². The van der Waals surface area contributed by atoms with Gasteiger partial charge in [0.1, 0.15) is 0 Å². The highest BCUT2D eigenvalue weighted by Gasteiger charge is 2.12. The van der Waals surface area contributed by atoms with Gasteiger partial charge in [-0.25, -0.2) is 4.79 Å². The first-order valence-corrected chi connectivity index (χ1v) is 5.33. The topological polar surface area (TPSA) is 38.3 Å². The van der Waals surface area contributed by atoms with Crippen molar-refractivity contribution in [2.45, 2.75) is 39.2 Å². The highest BCUT2D eigenvalue weighted by Crippen LogP contribution is 2.10. The van der Waals surface area contributed by atoms with Crippen LogP contribution < -0.4 is 5.32 Å². The van der Waals surface area contributed by atoms with E-state index in [2.05, 4.69) is 5.32 Å². The molecule has 3 nitrogen and oxygen atoms in total. The molecule has 1 atom stereocenters. The van der Waals surface area contributed by atoms with Crippen LogP contribution in [0.25, 0.3) is 0 Å². The molecule has 1 heterocycles. The van der Waals surface area contributed by atoms with Gasteiger partial charge in [0.2, 0.25) is 0 Å². The number of hydrogen-bond donors (Lipinski definition) is 1. The van der Waals surface area contributed by atoms with Crippen molar-refractivity contribution in [3.8, 4) is 0 Å². The Morgan fingerprint density at radius 3 is 2.93 bits per heavy atom. The molecular formula is C11H19NO2. The standard InChI is InChI=1S/C11H19NO2/c1-3-14-11(13)9(2)8-10-6-4-5-7-12-10/h8,10,12H,3-7H2,1-2H3/b9-8+. The molecule has 0 spiro atoms. The molecule has 0 aromatic rings. The Morgan fingerprint density at radius 1 is 1.57 bits per heavy atom. The van der Waals surface area contributed by atoms with Gasteiger partial charge >= 0.3 is 5.97 Å². The molecule has 1 N–H and O–H groups in total. The third-order valence-electron chi connectivity index (χ3n) is 2.40. The Kier molecular flexibility index (Phi) is 4.66. The highest BCUT2D eigenvalue weighted by atomic mass is 16.5. The minimum absolute atomic E-state index is 0.195. The van der Waals surface area contributed by atoms with Crippen LogP contribution in [0, 0.1) is 0 Å². The van der Waals surface area contributed by atoms with Crippen molar-refractivity contribution < 1.29 is 9.53 Å². The summed E-state index contributed by atoms with van der Waals surface area (Å²) in [5.41, 5.74) is 0.714.